The highest BCUT2D eigenvalue weighted by Crippen LogP contribution is 2.39. The van der Waals surface area contributed by atoms with Gasteiger partial charge in [-0.3, -0.25) is 4.79 Å². The van der Waals surface area contributed by atoms with Gasteiger partial charge in [-0.15, -0.1) is 0 Å². The van der Waals surface area contributed by atoms with E-state index in [0.717, 1.165) is 0 Å². The maximum absolute atomic E-state index is 12.7. The number of rotatable bonds is 6. The molecule has 0 fully saturated rings. The van der Waals surface area contributed by atoms with Crippen LogP contribution in [0.15, 0.2) is 36.1 Å². The average Bonchev–Trinajstić information content (AvgIpc) is 3.02. The number of ether oxygens (including phenoxy) is 5. The number of ketones is 1. The molecule has 1 aliphatic heterocycles. The number of Topliss-reactive ketones (excluding diaryl/α,β-unsaturated/α-hetero) is 1. The monoisotopic (exact) mass is 384 g/mol. The molecule has 0 aliphatic carbocycles. The van der Waals surface area contributed by atoms with E-state index in [1.165, 1.54) is 27.4 Å². The molecule has 1 aliphatic rings. The molecule has 0 aromatic heterocycles. The van der Waals surface area contributed by atoms with Crippen molar-refractivity contribution in [1.29, 1.82) is 0 Å². The van der Waals surface area contributed by atoms with Gasteiger partial charge in [0.2, 0.25) is 11.5 Å². The molecule has 7 heteroatoms. The van der Waals surface area contributed by atoms with Crippen molar-refractivity contribution in [1.82, 2.24) is 0 Å². The van der Waals surface area contributed by atoms with Crippen molar-refractivity contribution in [2.75, 3.05) is 27.9 Å². The first kappa shape index (κ1) is 19.3. The number of hydrogen-bond acceptors (Lipinski definition) is 7. The summed E-state index contributed by atoms with van der Waals surface area (Å²) < 4.78 is 26.6. The lowest BCUT2D eigenvalue weighted by atomic mass is 10.1. The van der Waals surface area contributed by atoms with Gasteiger partial charge in [0.1, 0.15) is 5.75 Å². The average molecular weight is 384 g/mol. The SMILES string of the molecule is CCOC(=O)c1ccc2c(c1)C(=O)C(=Cc1cc(OC)c(OC)c(OC)c1)O2. The molecule has 146 valence electrons. The van der Waals surface area contributed by atoms with Crippen molar-refractivity contribution in [3.05, 3.63) is 52.8 Å². The second-order valence-corrected chi connectivity index (χ2v) is 5.83. The van der Waals surface area contributed by atoms with Crippen LogP contribution in [0.5, 0.6) is 23.0 Å². The molecular formula is C21H20O7. The first-order valence-corrected chi connectivity index (χ1v) is 8.57. The first-order chi connectivity index (χ1) is 13.5. The predicted molar refractivity (Wildman–Crippen MR) is 101 cm³/mol. The zero-order chi connectivity index (χ0) is 20.3. The van der Waals surface area contributed by atoms with Crippen LogP contribution < -0.4 is 18.9 Å². The molecule has 0 spiro atoms. The van der Waals surface area contributed by atoms with E-state index in [4.69, 9.17) is 23.7 Å². The molecule has 7 nitrogen and oxygen atoms in total. The Hall–Kier alpha value is -3.48. The largest absolute Gasteiger partial charge is 0.493 e. The Balaban J connectivity index is 1.96. The number of allylic oxidation sites excluding steroid dienone is 1. The van der Waals surface area contributed by atoms with Crippen molar-refractivity contribution >= 4 is 17.8 Å². The number of methoxy groups -OCH3 is 3. The molecule has 1 heterocycles. The minimum absolute atomic E-state index is 0.130. The van der Waals surface area contributed by atoms with E-state index in [2.05, 4.69) is 0 Å². The smallest absolute Gasteiger partial charge is 0.338 e. The van der Waals surface area contributed by atoms with Crippen LogP contribution >= 0.6 is 0 Å². The normalized spacial score (nSPS) is 13.7. The fourth-order valence-corrected chi connectivity index (χ4v) is 2.87. The van der Waals surface area contributed by atoms with Crippen molar-refractivity contribution in [2.24, 2.45) is 0 Å². The van der Waals surface area contributed by atoms with Crippen LogP contribution in [-0.4, -0.2) is 39.7 Å². The highest BCUT2D eigenvalue weighted by molar-refractivity contribution is 6.15. The van der Waals surface area contributed by atoms with Gasteiger partial charge in [0.25, 0.3) is 0 Å². The summed E-state index contributed by atoms with van der Waals surface area (Å²) in [6.07, 6.45) is 1.58. The third kappa shape index (κ3) is 3.51. The Kier molecular flexibility index (Phi) is 5.54. The number of hydrogen-bond donors (Lipinski definition) is 0. The molecule has 0 atom stereocenters. The molecule has 2 aromatic carbocycles. The van der Waals surface area contributed by atoms with Gasteiger partial charge >= 0.3 is 5.97 Å². The topological polar surface area (TPSA) is 80.3 Å². The standard InChI is InChI=1S/C21H20O7/c1-5-27-21(23)13-6-7-15-14(11-13)19(22)16(28-15)8-12-9-17(24-2)20(26-4)18(10-12)25-3/h6-11H,5H2,1-4H3. The van der Waals surface area contributed by atoms with Gasteiger partial charge in [0.05, 0.1) is 39.1 Å². The number of esters is 1. The summed E-state index contributed by atoms with van der Waals surface area (Å²) in [7, 11) is 4.54. The van der Waals surface area contributed by atoms with E-state index in [1.54, 1.807) is 37.3 Å². The van der Waals surface area contributed by atoms with Crippen LogP contribution in [0, 0.1) is 0 Å². The first-order valence-electron chi connectivity index (χ1n) is 8.57. The van der Waals surface area contributed by atoms with E-state index >= 15 is 0 Å². The van der Waals surface area contributed by atoms with Crippen LogP contribution in [0.25, 0.3) is 6.08 Å². The highest BCUT2D eigenvalue weighted by Gasteiger charge is 2.29. The van der Waals surface area contributed by atoms with Crippen LogP contribution in [0.1, 0.15) is 33.2 Å². The molecular weight excluding hydrogens is 364 g/mol. The van der Waals surface area contributed by atoms with E-state index in [1.807, 2.05) is 0 Å². The third-order valence-corrected chi connectivity index (χ3v) is 4.16. The van der Waals surface area contributed by atoms with Gasteiger partial charge in [0.15, 0.2) is 17.3 Å². The van der Waals surface area contributed by atoms with Crippen LogP contribution in [0.4, 0.5) is 0 Å². The summed E-state index contributed by atoms with van der Waals surface area (Å²) >= 11 is 0. The Morgan fingerprint density at radius 1 is 1.04 bits per heavy atom. The zero-order valence-corrected chi connectivity index (χ0v) is 16.0. The van der Waals surface area contributed by atoms with Gasteiger partial charge in [-0.1, -0.05) is 0 Å². The molecule has 0 N–H and O–H groups in total. The lowest BCUT2D eigenvalue weighted by Gasteiger charge is -2.13. The summed E-state index contributed by atoms with van der Waals surface area (Å²) in [5.74, 6) is 1.08. The second-order valence-electron chi connectivity index (χ2n) is 5.83. The number of fused-ring (bicyclic) bond motifs is 1. The number of carbonyl (C=O) groups is 2. The Bertz CT molecular complexity index is 934. The fourth-order valence-electron chi connectivity index (χ4n) is 2.87. The second kappa shape index (κ2) is 8.04. The van der Waals surface area contributed by atoms with Gasteiger partial charge in [-0.2, -0.15) is 0 Å². The van der Waals surface area contributed by atoms with Crippen molar-refractivity contribution < 1.29 is 33.3 Å². The minimum Gasteiger partial charge on any atom is -0.493 e. The molecule has 0 amide bonds. The Labute approximate surface area is 162 Å². The van der Waals surface area contributed by atoms with Crippen LogP contribution in [0.3, 0.4) is 0 Å². The highest BCUT2D eigenvalue weighted by atomic mass is 16.5. The van der Waals surface area contributed by atoms with Crippen molar-refractivity contribution in [3.8, 4) is 23.0 Å². The summed E-state index contributed by atoms with van der Waals surface area (Å²) in [4.78, 5) is 24.6. The molecule has 0 saturated carbocycles. The lowest BCUT2D eigenvalue weighted by Crippen LogP contribution is -2.05. The third-order valence-electron chi connectivity index (χ3n) is 4.16. The Morgan fingerprint density at radius 2 is 1.71 bits per heavy atom. The maximum Gasteiger partial charge on any atom is 0.338 e. The van der Waals surface area contributed by atoms with Gasteiger partial charge in [-0.05, 0) is 48.9 Å². The van der Waals surface area contributed by atoms with Crippen LogP contribution in [-0.2, 0) is 4.74 Å². The van der Waals surface area contributed by atoms with Gasteiger partial charge in [0, 0.05) is 0 Å². The molecule has 0 unspecified atom stereocenters. The molecule has 0 saturated heterocycles. The molecule has 2 aromatic rings. The molecule has 28 heavy (non-hydrogen) atoms. The van der Waals surface area contributed by atoms with Gasteiger partial charge < -0.3 is 23.7 Å². The van der Waals surface area contributed by atoms with E-state index in [9.17, 15) is 9.59 Å². The van der Waals surface area contributed by atoms with Crippen LogP contribution in [0.2, 0.25) is 0 Å². The van der Waals surface area contributed by atoms with Gasteiger partial charge in [-0.25, -0.2) is 4.79 Å². The fraction of sp³-hybridized carbons (Fsp3) is 0.238. The zero-order valence-electron chi connectivity index (χ0n) is 16.0. The Morgan fingerprint density at radius 3 is 2.29 bits per heavy atom. The minimum atomic E-state index is -0.486. The quantitative estimate of drug-likeness (QED) is 0.557. The predicted octanol–water partition coefficient (Wildman–Crippen LogP) is 3.51. The van der Waals surface area contributed by atoms with E-state index in [0.29, 0.717) is 39.7 Å². The molecule has 3 rings (SSSR count). The lowest BCUT2D eigenvalue weighted by molar-refractivity contribution is 0.0526. The van der Waals surface area contributed by atoms with E-state index in [-0.39, 0.29) is 18.1 Å². The number of carbonyl (C=O) groups excluding carboxylic acids is 2. The van der Waals surface area contributed by atoms with Crippen molar-refractivity contribution in [3.63, 3.8) is 0 Å². The van der Waals surface area contributed by atoms with Crippen molar-refractivity contribution in [2.45, 2.75) is 6.92 Å². The summed E-state index contributed by atoms with van der Waals surface area (Å²) in [6, 6.07) is 8.03. The van der Waals surface area contributed by atoms with E-state index < -0.39 is 5.97 Å². The summed E-state index contributed by atoms with van der Waals surface area (Å²) in [5, 5.41) is 0. The summed E-state index contributed by atoms with van der Waals surface area (Å²) in [6.45, 7) is 1.98. The number of benzene rings is 2. The summed E-state index contributed by atoms with van der Waals surface area (Å²) in [5.41, 5.74) is 1.24. The maximum atomic E-state index is 12.7. The molecule has 0 bridgehead atoms. The molecule has 0 radical (unpaired) electrons.